The smallest absolute Gasteiger partial charge is 0.410 e. The Hall–Kier alpha value is -4.60. The summed E-state index contributed by atoms with van der Waals surface area (Å²) in [5.41, 5.74) is 7.91. The number of likely N-dealkylation sites (tertiary alicyclic amines) is 1. The molecule has 0 spiro atoms. The number of hydrogen-bond donors (Lipinski definition) is 3. The third-order valence-corrected chi connectivity index (χ3v) is 9.92. The van der Waals surface area contributed by atoms with E-state index in [0.717, 1.165) is 91.2 Å². The molecule has 2 aromatic heterocycles. The van der Waals surface area contributed by atoms with Crippen LogP contribution < -0.4 is 5.32 Å². The molecule has 4 aromatic rings. The highest BCUT2D eigenvalue weighted by molar-refractivity contribution is 5.75. The third-order valence-electron chi connectivity index (χ3n) is 9.92. The number of nitrogens with one attached hydrogen (secondary N) is 3. The Morgan fingerprint density at radius 3 is 2.32 bits per heavy atom. The Bertz CT molecular complexity index is 1860. The molecule has 1 saturated carbocycles. The van der Waals surface area contributed by atoms with E-state index in [1.165, 1.54) is 16.7 Å². The molecule has 0 bridgehead atoms. The summed E-state index contributed by atoms with van der Waals surface area (Å²) in [6, 6.07) is 15.2. The van der Waals surface area contributed by atoms with Crippen LogP contribution >= 0.6 is 0 Å². The van der Waals surface area contributed by atoms with E-state index in [0.29, 0.717) is 6.54 Å². The van der Waals surface area contributed by atoms with Crippen molar-refractivity contribution in [3.63, 3.8) is 0 Å². The van der Waals surface area contributed by atoms with Gasteiger partial charge in [-0.05, 0) is 109 Å². The molecule has 3 N–H and O–H groups in total. The molecule has 2 amide bonds. The van der Waals surface area contributed by atoms with Gasteiger partial charge >= 0.3 is 12.2 Å². The maximum absolute atomic E-state index is 13.0. The fourth-order valence-corrected chi connectivity index (χ4v) is 7.68. The predicted molar refractivity (Wildman–Crippen MR) is 194 cm³/mol. The van der Waals surface area contributed by atoms with Crippen LogP contribution in [0.25, 0.3) is 33.6 Å². The summed E-state index contributed by atoms with van der Waals surface area (Å²) < 4.78 is 11.2. The number of aromatic nitrogens is 4. The number of imidazole rings is 2. The Kier molecular flexibility index (Phi) is 8.99. The summed E-state index contributed by atoms with van der Waals surface area (Å²) in [5, 5.41) is 3.07. The lowest BCUT2D eigenvalue weighted by Gasteiger charge is -2.27. The summed E-state index contributed by atoms with van der Waals surface area (Å²) in [7, 11) is 0. The fourth-order valence-electron chi connectivity index (χ4n) is 7.68. The quantitative estimate of drug-likeness (QED) is 0.194. The van der Waals surface area contributed by atoms with Crippen LogP contribution in [0.5, 0.6) is 0 Å². The normalized spacial score (nSPS) is 20.6. The van der Waals surface area contributed by atoms with Crippen molar-refractivity contribution in [2.75, 3.05) is 6.54 Å². The predicted octanol–water partition coefficient (Wildman–Crippen LogP) is 8.86. The highest BCUT2D eigenvalue weighted by Gasteiger charge is 2.36. The van der Waals surface area contributed by atoms with E-state index in [2.05, 4.69) is 57.7 Å². The van der Waals surface area contributed by atoms with Gasteiger partial charge in [0.15, 0.2) is 0 Å². The fraction of sp³-hybridized carbons (Fsp3) is 0.500. The second-order valence-corrected chi connectivity index (χ2v) is 16.1. The second kappa shape index (κ2) is 13.3. The SMILES string of the molecule is CC(C)(C)OC(=O)N[C@@H]1CCC[C@H]1c1ncc(-c2ccc(-c3ccc4c(c3)CCCc3[nH]c([C@@H]5CCCN5C(=O)OC(C)(C)C)nc3-4)cc2)[nH]1. The van der Waals surface area contributed by atoms with Gasteiger partial charge in [0, 0.05) is 29.8 Å². The largest absolute Gasteiger partial charge is 0.444 e. The molecule has 50 heavy (non-hydrogen) atoms. The minimum atomic E-state index is -0.535. The number of fused-ring (bicyclic) bond motifs is 3. The summed E-state index contributed by atoms with van der Waals surface area (Å²) >= 11 is 0. The van der Waals surface area contributed by atoms with Crippen LogP contribution in [-0.2, 0) is 22.3 Å². The van der Waals surface area contributed by atoms with Gasteiger partial charge in [0.05, 0.1) is 23.6 Å². The van der Waals surface area contributed by atoms with E-state index in [4.69, 9.17) is 19.4 Å². The van der Waals surface area contributed by atoms with Crippen molar-refractivity contribution in [2.45, 2.75) is 122 Å². The number of alkyl carbamates (subject to hydrolysis) is 1. The molecule has 10 nitrogen and oxygen atoms in total. The number of ether oxygens (including phenoxy) is 2. The van der Waals surface area contributed by atoms with Gasteiger partial charge in [-0.1, -0.05) is 48.9 Å². The van der Waals surface area contributed by atoms with Crippen LogP contribution in [-0.4, -0.2) is 60.8 Å². The van der Waals surface area contributed by atoms with Gasteiger partial charge in [-0.2, -0.15) is 0 Å². The van der Waals surface area contributed by atoms with Crippen LogP contribution in [0.1, 0.15) is 115 Å². The first kappa shape index (κ1) is 33.9. The number of amides is 2. The van der Waals surface area contributed by atoms with E-state index in [1.807, 2.05) is 52.6 Å². The molecule has 264 valence electrons. The number of aryl methyl sites for hydroxylation is 2. The monoisotopic (exact) mass is 678 g/mol. The number of carbonyl (C=O) groups excluding carboxylic acids is 2. The topological polar surface area (TPSA) is 125 Å². The highest BCUT2D eigenvalue weighted by atomic mass is 16.6. The number of rotatable bonds is 5. The number of H-pyrrole nitrogens is 2. The zero-order valence-electron chi connectivity index (χ0n) is 30.2. The minimum Gasteiger partial charge on any atom is -0.444 e. The molecule has 3 atom stereocenters. The van der Waals surface area contributed by atoms with Crippen molar-refractivity contribution in [3.05, 3.63) is 71.6 Å². The molecule has 1 aliphatic heterocycles. The van der Waals surface area contributed by atoms with Gasteiger partial charge in [0.25, 0.3) is 0 Å². The van der Waals surface area contributed by atoms with Crippen LogP contribution in [0.2, 0.25) is 0 Å². The molecule has 1 saturated heterocycles. The Morgan fingerprint density at radius 2 is 1.56 bits per heavy atom. The van der Waals surface area contributed by atoms with Gasteiger partial charge in [0.2, 0.25) is 0 Å². The number of aromatic amines is 2. The van der Waals surface area contributed by atoms with Crippen molar-refractivity contribution >= 4 is 12.2 Å². The molecule has 10 heteroatoms. The van der Waals surface area contributed by atoms with Crippen LogP contribution in [0.15, 0.2) is 48.7 Å². The van der Waals surface area contributed by atoms with E-state index in [1.54, 1.807) is 0 Å². The molecule has 3 heterocycles. The summed E-state index contributed by atoms with van der Waals surface area (Å²) in [6.07, 6.45) is 8.90. The lowest BCUT2D eigenvalue weighted by molar-refractivity contribution is 0.0218. The van der Waals surface area contributed by atoms with Crippen LogP contribution in [0.3, 0.4) is 0 Å². The van der Waals surface area contributed by atoms with E-state index >= 15 is 0 Å². The van der Waals surface area contributed by atoms with Crippen molar-refractivity contribution in [2.24, 2.45) is 0 Å². The van der Waals surface area contributed by atoms with Gasteiger partial charge in [-0.15, -0.1) is 0 Å². The first-order valence-electron chi connectivity index (χ1n) is 18.2. The van der Waals surface area contributed by atoms with Gasteiger partial charge in [-0.3, -0.25) is 4.90 Å². The number of nitrogens with zero attached hydrogens (tertiary/aromatic N) is 3. The van der Waals surface area contributed by atoms with Gasteiger partial charge < -0.3 is 24.8 Å². The molecule has 2 aromatic carbocycles. The summed E-state index contributed by atoms with van der Waals surface area (Å²) in [4.78, 5) is 44.3. The van der Waals surface area contributed by atoms with Gasteiger partial charge in [0.1, 0.15) is 22.9 Å². The van der Waals surface area contributed by atoms with Crippen LogP contribution in [0, 0.1) is 0 Å². The number of hydrogen-bond acceptors (Lipinski definition) is 6. The third kappa shape index (κ3) is 7.30. The molecule has 3 aliphatic rings. The van der Waals surface area contributed by atoms with E-state index in [9.17, 15) is 9.59 Å². The molecule has 0 radical (unpaired) electrons. The second-order valence-electron chi connectivity index (χ2n) is 16.1. The maximum Gasteiger partial charge on any atom is 0.410 e. The zero-order valence-corrected chi connectivity index (χ0v) is 30.2. The highest BCUT2D eigenvalue weighted by Crippen LogP contribution is 2.39. The van der Waals surface area contributed by atoms with Crippen molar-refractivity contribution in [1.29, 1.82) is 0 Å². The Balaban J connectivity index is 1.06. The lowest BCUT2D eigenvalue weighted by Crippen LogP contribution is -2.40. The Morgan fingerprint density at radius 1 is 0.820 bits per heavy atom. The molecule has 0 unspecified atom stereocenters. The first-order valence-corrected chi connectivity index (χ1v) is 18.2. The van der Waals surface area contributed by atoms with Gasteiger partial charge in [-0.25, -0.2) is 19.6 Å². The molecular formula is C40H50N6O4. The van der Waals surface area contributed by atoms with Crippen molar-refractivity contribution in [1.82, 2.24) is 30.2 Å². The standard InChI is InChI=1S/C40H50N6O4/c1-39(2,3)49-37(47)44-30-12-8-11-29(30)35-41-23-32(43-35)25-17-15-24(16-18-25)26-19-20-28-27(22-26)10-7-13-31-34(28)45-36(42-31)33-14-9-21-46(33)38(48)50-40(4,5)6/h15-20,22-23,29-30,33H,7-14,21H2,1-6H3,(H,41,43)(H,42,45)(H,44,47)/t29-,30-,33+/m1/s1. The maximum atomic E-state index is 13.0. The van der Waals surface area contributed by atoms with Crippen molar-refractivity contribution < 1.29 is 19.1 Å². The molecular weight excluding hydrogens is 628 g/mol. The first-order chi connectivity index (χ1) is 23.8. The van der Waals surface area contributed by atoms with Crippen molar-refractivity contribution in [3.8, 4) is 33.6 Å². The minimum absolute atomic E-state index is 0.00166. The number of carbonyl (C=O) groups is 2. The molecule has 7 rings (SSSR count). The molecule has 2 aliphatic carbocycles. The van der Waals surface area contributed by atoms with E-state index in [-0.39, 0.29) is 30.2 Å². The summed E-state index contributed by atoms with van der Waals surface area (Å²) in [5.74, 6) is 1.89. The average Bonchev–Trinajstić information content (AvgIpc) is 3.85. The average molecular weight is 679 g/mol. The lowest BCUT2D eigenvalue weighted by atomic mass is 9.95. The molecule has 2 fully saturated rings. The zero-order chi connectivity index (χ0) is 35.2. The summed E-state index contributed by atoms with van der Waals surface area (Å²) in [6.45, 7) is 12.0. The number of benzene rings is 2. The van der Waals surface area contributed by atoms with Crippen LogP contribution in [0.4, 0.5) is 9.59 Å². The van der Waals surface area contributed by atoms with E-state index < -0.39 is 11.2 Å². The Labute approximate surface area is 294 Å².